The molecular weight excluding hydrogens is 442 g/mol. The number of hydrogen-bond donors (Lipinski definition) is 1. The zero-order chi connectivity index (χ0) is 20.8. The molecule has 1 N–H and O–H groups in total. The van der Waals surface area contributed by atoms with Crippen molar-refractivity contribution in [3.05, 3.63) is 79.9 Å². The van der Waals surface area contributed by atoms with Gasteiger partial charge in [0.15, 0.2) is 0 Å². The number of non-ortho nitro benzene ring substituents is 1. The van der Waals surface area contributed by atoms with Crippen LogP contribution in [0.2, 0.25) is 0 Å². The molecule has 0 bridgehead atoms. The minimum Gasteiger partial charge on any atom is -0.378 e. The fraction of sp³-hybridized carbons (Fsp3) is 0.200. The monoisotopic (exact) mass is 459 g/mol. The summed E-state index contributed by atoms with van der Waals surface area (Å²) in [5.41, 5.74) is 0.984. The zero-order valence-electron chi connectivity index (χ0n) is 15.3. The molecule has 0 aliphatic carbocycles. The molecule has 1 aliphatic heterocycles. The number of nitro groups is 1. The van der Waals surface area contributed by atoms with Crippen LogP contribution in [-0.4, -0.2) is 47.9 Å². The number of benzene rings is 2. The molecule has 150 valence electrons. The fourth-order valence-corrected chi connectivity index (χ4v) is 3.17. The summed E-state index contributed by atoms with van der Waals surface area (Å²) in [5, 5.41) is 13.5. The predicted molar refractivity (Wildman–Crippen MR) is 110 cm³/mol. The highest BCUT2D eigenvalue weighted by Gasteiger charge is 2.23. The molecule has 1 aliphatic rings. The van der Waals surface area contributed by atoms with Gasteiger partial charge in [0, 0.05) is 35.3 Å². The van der Waals surface area contributed by atoms with Gasteiger partial charge in [0.25, 0.3) is 17.5 Å². The van der Waals surface area contributed by atoms with Gasteiger partial charge in [0.2, 0.25) is 0 Å². The maximum Gasteiger partial charge on any atom is 0.270 e. The standard InChI is InChI=1S/C20H18BrN3O5/c21-16-3-1-2-15(13-16)19(25)22-18(20(26)23-8-10-29-11-9-23)12-14-4-6-17(7-5-14)24(27)28/h1-7,12-13H,8-11H2,(H,22,25). The zero-order valence-corrected chi connectivity index (χ0v) is 16.9. The molecule has 2 aromatic rings. The van der Waals surface area contributed by atoms with Crippen LogP contribution in [0.3, 0.4) is 0 Å². The fourth-order valence-electron chi connectivity index (χ4n) is 2.77. The first-order valence-corrected chi connectivity index (χ1v) is 9.63. The summed E-state index contributed by atoms with van der Waals surface area (Å²) < 4.78 is 6.02. The number of nitrogens with zero attached hydrogens (tertiary/aromatic N) is 2. The number of amides is 2. The highest BCUT2D eigenvalue weighted by Crippen LogP contribution is 2.16. The van der Waals surface area contributed by atoms with Crippen LogP contribution >= 0.6 is 15.9 Å². The van der Waals surface area contributed by atoms with E-state index in [1.54, 1.807) is 29.2 Å². The highest BCUT2D eigenvalue weighted by atomic mass is 79.9. The van der Waals surface area contributed by atoms with E-state index in [0.29, 0.717) is 37.4 Å². The molecule has 0 radical (unpaired) electrons. The summed E-state index contributed by atoms with van der Waals surface area (Å²) >= 11 is 3.32. The van der Waals surface area contributed by atoms with Crippen molar-refractivity contribution in [1.82, 2.24) is 10.2 Å². The molecule has 9 heteroatoms. The van der Waals surface area contributed by atoms with Crippen molar-refractivity contribution in [2.24, 2.45) is 0 Å². The Morgan fingerprint density at radius 1 is 1.14 bits per heavy atom. The maximum atomic E-state index is 13.0. The van der Waals surface area contributed by atoms with Crippen molar-refractivity contribution in [1.29, 1.82) is 0 Å². The Balaban J connectivity index is 1.89. The summed E-state index contributed by atoms with van der Waals surface area (Å²) in [7, 11) is 0. The topological polar surface area (TPSA) is 102 Å². The van der Waals surface area contributed by atoms with E-state index in [1.807, 2.05) is 0 Å². The Kier molecular flexibility index (Phi) is 6.73. The van der Waals surface area contributed by atoms with Crippen LogP contribution < -0.4 is 5.32 Å². The van der Waals surface area contributed by atoms with Crippen molar-refractivity contribution in [2.75, 3.05) is 26.3 Å². The van der Waals surface area contributed by atoms with E-state index in [9.17, 15) is 19.7 Å². The number of halogens is 1. The van der Waals surface area contributed by atoms with Crippen LogP contribution in [0.15, 0.2) is 58.7 Å². The molecule has 0 atom stereocenters. The lowest BCUT2D eigenvalue weighted by molar-refractivity contribution is -0.384. The maximum absolute atomic E-state index is 13.0. The Hall–Kier alpha value is -3.04. The predicted octanol–water partition coefficient (Wildman–Crippen LogP) is 2.99. The van der Waals surface area contributed by atoms with Gasteiger partial charge in [-0.25, -0.2) is 0 Å². The number of carbonyl (C=O) groups is 2. The van der Waals surface area contributed by atoms with Crippen LogP contribution in [0, 0.1) is 10.1 Å². The summed E-state index contributed by atoms with van der Waals surface area (Å²) in [6, 6.07) is 12.6. The van der Waals surface area contributed by atoms with E-state index in [1.165, 1.54) is 30.3 Å². The summed E-state index contributed by atoms with van der Waals surface area (Å²) in [5.74, 6) is -0.768. The van der Waals surface area contributed by atoms with Crippen LogP contribution in [-0.2, 0) is 9.53 Å². The number of carbonyl (C=O) groups excluding carboxylic acids is 2. The van der Waals surface area contributed by atoms with E-state index in [2.05, 4.69) is 21.2 Å². The molecule has 1 heterocycles. The molecule has 2 aromatic carbocycles. The third kappa shape index (κ3) is 5.49. The minimum atomic E-state index is -0.498. The first kappa shape index (κ1) is 20.7. The van der Waals surface area contributed by atoms with Crippen LogP contribution in [0.5, 0.6) is 0 Å². The molecule has 0 aromatic heterocycles. The lowest BCUT2D eigenvalue weighted by atomic mass is 10.1. The van der Waals surface area contributed by atoms with E-state index in [0.717, 1.165) is 4.47 Å². The van der Waals surface area contributed by atoms with Crippen molar-refractivity contribution in [3.63, 3.8) is 0 Å². The van der Waals surface area contributed by atoms with Gasteiger partial charge in [-0.15, -0.1) is 0 Å². The number of morpholine rings is 1. The van der Waals surface area contributed by atoms with Gasteiger partial charge in [-0.05, 0) is 42.0 Å². The molecular formula is C20H18BrN3O5. The van der Waals surface area contributed by atoms with Gasteiger partial charge < -0.3 is 15.0 Å². The van der Waals surface area contributed by atoms with Gasteiger partial charge >= 0.3 is 0 Å². The Morgan fingerprint density at radius 2 is 1.83 bits per heavy atom. The smallest absolute Gasteiger partial charge is 0.270 e. The molecule has 0 spiro atoms. The second kappa shape index (κ2) is 9.44. The summed E-state index contributed by atoms with van der Waals surface area (Å²) in [6.45, 7) is 1.69. The average Bonchev–Trinajstić information content (AvgIpc) is 2.73. The molecule has 2 amide bonds. The Bertz CT molecular complexity index is 953. The number of hydrogen-bond acceptors (Lipinski definition) is 5. The minimum absolute atomic E-state index is 0.0543. The van der Waals surface area contributed by atoms with E-state index in [4.69, 9.17) is 4.74 Å². The summed E-state index contributed by atoms with van der Waals surface area (Å²) in [4.78, 5) is 37.6. The average molecular weight is 460 g/mol. The Labute approximate surface area is 175 Å². The van der Waals surface area contributed by atoms with Gasteiger partial charge in [-0.2, -0.15) is 0 Å². The summed E-state index contributed by atoms with van der Waals surface area (Å²) in [6.07, 6.45) is 1.51. The molecule has 29 heavy (non-hydrogen) atoms. The lowest BCUT2D eigenvalue weighted by Crippen LogP contribution is -2.44. The van der Waals surface area contributed by atoms with Crippen LogP contribution in [0.1, 0.15) is 15.9 Å². The Morgan fingerprint density at radius 3 is 2.45 bits per heavy atom. The van der Waals surface area contributed by atoms with Crippen molar-refractivity contribution in [3.8, 4) is 0 Å². The quantitative estimate of drug-likeness (QED) is 0.420. The normalized spacial score (nSPS) is 14.4. The van der Waals surface area contributed by atoms with Crippen LogP contribution in [0.4, 0.5) is 5.69 Å². The molecule has 1 fully saturated rings. The largest absolute Gasteiger partial charge is 0.378 e. The van der Waals surface area contributed by atoms with E-state index >= 15 is 0 Å². The van der Waals surface area contributed by atoms with Gasteiger partial charge in [-0.3, -0.25) is 19.7 Å². The first-order chi connectivity index (χ1) is 13.9. The molecule has 0 saturated carbocycles. The molecule has 0 unspecified atom stereocenters. The second-order valence-corrected chi connectivity index (χ2v) is 7.19. The van der Waals surface area contributed by atoms with Crippen molar-refractivity contribution >= 4 is 39.5 Å². The highest BCUT2D eigenvalue weighted by molar-refractivity contribution is 9.10. The van der Waals surface area contributed by atoms with Crippen molar-refractivity contribution in [2.45, 2.75) is 0 Å². The lowest BCUT2D eigenvalue weighted by Gasteiger charge is -2.27. The number of ether oxygens (including phenoxy) is 1. The number of nitro benzene ring substituents is 1. The first-order valence-electron chi connectivity index (χ1n) is 8.84. The van der Waals surface area contributed by atoms with Crippen LogP contribution in [0.25, 0.3) is 6.08 Å². The SMILES string of the molecule is O=C(NC(=Cc1ccc([N+](=O)[O-])cc1)C(=O)N1CCOCC1)c1cccc(Br)c1. The van der Waals surface area contributed by atoms with E-state index < -0.39 is 10.8 Å². The van der Waals surface area contributed by atoms with Crippen molar-refractivity contribution < 1.29 is 19.2 Å². The van der Waals surface area contributed by atoms with E-state index in [-0.39, 0.29) is 17.3 Å². The molecule has 3 rings (SSSR count). The van der Waals surface area contributed by atoms with Gasteiger partial charge in [0.05, 0.1) is 18.1 Å². The van der Waals surface area contributed by atoms with Gasteiger partial charge in [-0.1, -0.05) is 22.0 Å². The third-order valence-electron chi connectivity index (χ3n) is 4.28. The number of rotatable bonds is 5. The molecule has 1 saturated heterocycles. The second-order valence-electron chi connectivity index (χ2n) is 6.28. The number of nitrogens with one attached hydrogen (secondary N) is 1. The molecule has 8 nitrogen and oxygen atoms in total. The third-order valence-corrected chi connectivity index (χ3v) is 4.77. The van der Waals surface area contributed by atoms with Gasteiger partial charge in [0.1, 0.15) is 5.70 Å².